The van der Waals surface area contributed by atoms with E-state index in [0.29, 0.717) is 12.3 Å². The quantitative estimate of drug-likeness (QED) is 0.873. The highest BCUT2D eigenvalue weighted by Gasteiger charge is 2.23. The van der Waals surface area contributed by atoms with Crippen LogP contribution in [0.3, 0.4) is 0 Å². The number of benzene rings is 1. The molecule has 5 heteroatoms. The topological polar surface area (TPSA) is 41.6 Å². The first-order chi connectivity index (χ1) is 10.1. The molecular weight excluding hydrogens is 300 g/mol. The first-order valence-electron chi connectivity index (χ1n) is 7.70. The summed E-state index contributed by atoms with van der Waals surface area (Å²) in [5.41, 5.74) is 1.15. The average Bonchev–Trinajstić information content (AvgIpc) is 2.99. The number of ether oxygens (including phenoxy) is 1. The Morgan fingerprint density at radius 1 is 1.45 bits per heavy atom. The Bertz CT molecular complexity index is 475. The van der Waals surface area contributed by atoms with Crippen LogP contribution in [0.5, 0.6) is 5.75 Å². The fourth-order valence-electron chi connectivity index (χ4n) is 2.85. The normalized spacial score (nSPS) is 18.4. The lowest BCUT2D eigenvalue weighted by atomic mass is 10.0. The second-order valence-corrected chi connectivity index (χ2v) is 5.93. The van der Waals surface area contributed by atoms with Crippen LogP contribution >= 0.6 is 12.4 Å². The number of carbonyl (C=O) groups excluding carboxylic acids is 1. The molecule has 2 rings (SSSR count). The zero-order valence-corrected chi connectivity index (χ0v) is 14.5. The largest absolute Gasteiger partial charge is 0.496 e. The molecule has 1 aliphatic heterocycles. The highest BCUT2D eigenvalue weighted by molar-refractivity contribution is 5.85. The van der Waals surface area contributed by atoms with Crippen molar-refractivity contribution in [2.45, 2.75) is 32.2 Å². The summed E-state index contributed by atoms with van der Waals surface area (Å²) in [5, 5.41) is 3.31. The number of nitrogens with zero attached hydrogens (tertiary/aromatic N) is 1. The molecule has 0 saturated carbocycles. The van der Waals surface area contributed by atoms with Gasteiger partial charge in [-0.25, -0.2) is 0 Å². The molecule has 2 atom stereocenters. The number of methoxy groups -OCH3 is 1. The van der Waals surface area contributed by atoms with Gasteiger partial charge in [-0.15, -0.1) is 12.4 Å². The zero-order valence-electron chi connectivity index (χ0n) is 13.7. The summed E-state index contributed by atoms with van der Waals surface area (Å²) in [6, 6.07) is 8.18. The van der Waals surface area contributed by atoms with E-state index < -0.39 is 0 Å². The third kappa shape index (κ3) is 4.89. The summed E-state index contributed by atoms with van der Waals surface area (Å²) < 4.78 is 5.38. The second kappa shape index (κ2) is 9.01. The van der Waals surface area contributed by atoms with Gasteiger partial charge >= 0.3 is 0 Å². The molecule has 22 heavy (non-hydrogen) atoms. The van der Waals surface area contributed by atoms with Gasteiger partial charge in [0.05, 0.1) is 7.11 Å². The number of hydrogen-bond donors (Lipinski definition) is 1. The number of likely N-dealkylation sites (N-methyl/N-ethyl adjacent to an activating group) is 1. The highest BCUT2D eigenvalue weighted by atomic mass is 35.5. The number of rotatable bonds is 6. The SMILES string of the molecule is COc1ccccc1CC(C)N(C)C(=O)CC1CCNC1.Cl. The van der Waals surface area contributed by atoms with Gasteiger partial charge in [0.25, 0.3) is 0 Å². The lowest BCUT2D eigenvalue weighted by Gasteiger charge is -2.26. The van der Waals surface area contributed by atoms with Crippen LogP contribution < -0.4 is 10.1 Å². The van der Waals surface area contributed by atoms with Crippen molar-refractivity contribution in [1.29, 1.82) is 0 Å². The van der Waals surface area contributed by atoms with Gasteiger partial charge in [-0.1, -0.05) is 18.2 Å². The van der Waals surface area contributed by atoms with E-state index in [1.165, 1.54) is 0 Å². The summed E-state index contributed by atoms with van der Waals surface area (Å²) in [5.74, 6) is 1.63. The van der Waals surface area contributed by atoms with Crippen molar-refractivity contribution in [1.82, 2.24) is 10.2 Å². The van der Waals surface area contributed by atoms with Gasteiger partial charge < -0.3 is 15.0 Å². The van der Waals surface area contributed by atoms with Crippen LogP contribution in [-0.2, 0) is 11.2 Å². The van der Waals surface area contributed by atoms with Crippen molar-refractivity contribution >= 4 is 18.3 Å². The van der Waals surface area contributed by atoms with Gasteiger partial charge in [0.15, 0.2) is 0 Å². The van der Waals surface area contributed by atoms with E-state index >= 15 is 0 Å². The van der Waals surface area contributed by atoms with Crippen molar-refractivity contribution in [3.63, 3.8) is 0 Å². The maximum Gasteiger partial charge on any atom is 0.222 e. The smallest absolute Gasteiger partial charge is 0.222 e. The summed E-state index contributed by atoms with van der Waals surface area (Å²) >= 11 is 0. The van der Waals surface area contributed by atoms with Gasteiger partial charge in [0, 0.05) is 19.5 Å². The highest BCUT2D eigenvalue weighted by Crippen LogP contribution is 2.21. The van der Waals surface area contributed by atoms with E-state index in [0.717, 1.165) is 37.2 Å². The monoisotopic (exact) mass is 326 g/mol. The van der Waals surface area contributed by atoms with Gasteiger partial charge in [-0.3, -0.25) is 4.79 Å². The number of amides is 1. The van der Waals surface area contributed by atoms with Crippen LogP contribution in [0.2, 0.25) is 0 Å². The summed E-state index contributed by atoms with van der Waals surface area (Å²) in [7, 11) is 3.59. The number of halogens is 1. The van der Waals surface area contributed by atoms with E-state index in [4.69, 9.17) is 4.74 Å². The molecule has 1 aromatic carbocycles. The molecular formula is C17H27ClN2O2. The third-order valence-electron chi connectivity index (χ3n) is 4.39. The fourth-order valence-corrected chi connectivity index (χ4v) is 2.85. The molecule has 124 valence electrons. The number of hydrogen-bond acceptors (Lipinski definition) is 3. The first kappa shape index (κ1) is 18.8. The van der Waals surface area contributed by atoms with Crippen LogP contribution in [0.1, 0.15) is 25.3 Å². The summed E-state index contributed by atoms with van der Waals surface area (Å²) in [4.78, 5) is 14.2. The number of carbonyl (C=O) groups is 1. The molecule has 0 radical (unpaired) electrons. The standard InChI is InChI=1S/C17H26N2O2.ClH/c1-13(10-15-6-4-5-7-16(15)21-3)19(2)17(20)11-14-8-9-18-12-14;/h4-7,13-14,18H,8-12H2,1-3H3;1H. The molecule has 1 fully saturated rings. The van der Waals surface area contributed by atoms with Crippen LogP contribution in [0.15, 0.2) is 24.3 Å². The first-order valence-corrected chi connectivity index (χ1v) is 7.70. The van der Waals surface area contributed by atoms with Crippen LogP contribution in [-0.4, -0.2) is 44.1 Å². The number of para-hydroxylation sites is 1. The molecule has 0 bridgehead atoms. The van der Waals surface area contributed by atoms with Crippen molar-refractivity contribution in [3.8, 4) is 5.75 Å². The number of nitrogens with one attached hydrogen (secondary N) is 1. The molecule has 1 aliphatic rings. The molecule has 1 saturated heterocycles. The fraction of sp³-hybridized carbons (Fsp3) is 0.588. The Morgan fingerprint density at radius 3 is 2.82 bits per heavy atom. The van der Waals surface area contributed by atoms with Crippen LogP contribution in [0, 0.1) is 5.92 Å². The van der Waals surface area contributed by atoms with Crippen molar-refractivity contribution < 1.29 is 9.53 Å². The predicted octanol–water partition coefficient (Wildman–Crippen LogP) is 2.51. The van der Waals surface area contributed by atoms with Crippen LogP contribution in [0.25, 0.3) is 0 Å². The van der Waals surface area contributed by atoms with Gasteiger partial charge in [0.1, 0.15) is 5.75 Å². The molecule has 1 amide bonds. The lowest BCUT2D eigenvalue weighted by molar-refractivity contribution is -0.132. The predicted molar refractivity (Wildman–Crippen MR) is 91.8 cm³/mol. The molecule has 2 unspecified atom stereocenters. The second-order valence-electron chi connectivity index (χ2n) is 5.93. The summed E-state index contributed by atoms with van der Waals surface area (Å²) in [6.07, 6.45) is 2.58. The van der Waals surface area contributed by atoms with E-state index in [1.54, 1.807) is 7.11 Å². The van der Waals surface area contributed by atoms with Crippen molar-refractivity contribution in [3.05, 3.63) is 29.8 Å². The van der Waals surface area contributed by atoms with Gasteiger partial charge in [0.2, 0.25) is 5.91 Å². The minimum Gasteiger partial charge on any atom is -0.496 e. The van der Waals surface area contributed by atoms with Crippen molar-refractivity contribution in [2.75, 3.05) is 27.2 Å². The van der Waals surface area contributed by atoms with E-state index in [1.807, 2.05) is 30.1 Å². The molecule has 0 spiro atoms. The Hall–Kier alpha value is -1.26. The van der Waals surface area contributed by atoms with Gasteiger partial charge in [-0.05, 0) is 50.4 Å². The summed E-state index contributed by atoms with van der Waals surface area (Å²) in [6.45, 7) is 4.11. The Morgan fingerprint density at radius 2 is 2.18 bits per heavy atom. The minimum absolute atomic E-state index is 0. The van der Waals surface area contributed by atoms with E-state index in [-0.39, 0.29) is 24.4 Å². The maximum absolute atomic E-state index is 12.4. The Kier molecular flexibility index (Phi) is 7.69. The van der Waals surface area contributed by atoms with Crippen LogP contribution in [0.4, 0.5) is 0 Å². The van der Waals surface area contributed by atoms with E-state index in [2.05, 4.69) is 18.3 Å². The molecule has 0 aromatic heterocycles. The molecule has 4 nitrogen and oxygen atoms in total. The Labute approximate surface area is 139 Å². The lowest BCUT2D eigenvalue weighted by Crippen LogP contribution is -2.37. The average molecular weight is 327 g/mol. The zero-order chi connectivity index (χ0) is 15.2. The third-order valence-corrected chi connectivity index (χ3v) is 4.39. The Balaban J connectivity index is 0.00000242. The van der Waals surface area contributed by atoms with Crippen molar-refractivity contribution in [2.24, 2.45) is 5.92 Å². The van der Waals surface area contributed by atoms with Gasteiger partial charge in [-0.2, -0.15) is 0 Å². The minimum atomic E-state index is 0. The molecule has 1 N–H and O–H groups in total. The maximum atomic E-state index is 12.4. The molecule has 1 heterocycles. The molecule has 0 aliphatic carbocycles. The molecule has 1 aromatic rings. The van der Waals surface area contributed by atoms with E-state index in [9.17, 15) is 4.79 Å².